The van der Waals surface area contributed by atoms with Gasteiger partial charge in [0.2, 0.25) is 0 Å². The van der Waals surface area contributed by atoms with Crippen molar-refractivity contribution < 1.29 is 28.1 Å². The number of amides is 1. The summed E-state index contributed by atoms with van der Waals surface area (Å²) >= 11 is 1.95. The molecular formula is C18H26IN3O6S. The zero-order valence-electron chi connectivity index (χ0n) is 16.5. The van der Waals surface area contributed by atoms with Gasteiger partial charge in [0.15, 0.2) is 0 Å². The summed E-state index contributed by atoms with van der Waals surface area (Å²) in [4.78, 5) is 38.9. The lowest BCUT2D eigenvalue weighted by molar-refractivity contribution is -0.141. The number of ether oxygens (including phenoxy) is 2. The first-order chi connectivity index (χ1) is 13.7. The van der Waals surface area contributed by atoms with Crippen LogP contribution in [-0.2, 0) is 28.8 Å². The van der Waals surface area contributed by atoms with Crippen LogP contribution in [0, 0.1) is 3.57 Å². The average molecular weight is 539 g/mol. The lowest BCUT2D eigenvalue weighted by Crippen LogP contribution is -2.15. The molecule has 0 fully saturated rings. The predicted octanol–water partition coefficient (Wildman–Crippen LogP) is 2.56. The Labute approximate surface area is 184 Å². The topological polar surface area (TPSA) is 138 Å². The number of carbonyl (C=O) groups is 3. The molecule has 0 radical (unpaired) electrons. The Hall–Kier alpha value is -1.76. The van der Waals surface area contributed by atoms with Crippen LogP contribution in [-0.4, -0.2) is 52.8 Å². The van der Waals surface area contributed by atoms with E-state index in [1.165, 1.54) is 20.4 Å². The molecule has 1 rings (SSSR count). The fourth-order valence-corrected chi connectivity index (χ4v) is 4.94. The van der Waals surface area contributed by atoms with Crippen molar-refractivity contribution >= 4 is 56.0 Å². The first-order valence-electron chi connectivity index (χ1n) is 9.02. The van der Waals surface area contributed by atoms with Gasteiger partial charge in [-0.15, -0.1) is 0 Å². The molecule has 0 atom stereocenters. The van der Waals surface area contributed by atoms with Crippen molar-refractivity contribution in [3.8, 4) is 0 Å². The van der Waals surface area contributed by atoms with E-state index < -0.39 is 15.6 Å². The number of nitrogens with zero attached hydrogens (tertiary/aromatic N) is 2. The summed E-state index contributed by atoms with van der Waals surface area (Å²) in [6.45, 7) is 0. The number of methoxy groups -OCH3 is 2. The molecule has 0 saturated heterocycles. The fraction of sp³-hybridized carbons (Fsp3) is 0.556. The van der Waals surface area contributed by atoms with Gasteiger partial charge in [0.25, 0.3) is 5.91 Å². The lowest BCUT2D eigenvalue weighted by Gasteiger charge is -2.10. The second-order valence-electron chi connectivity index (χ2n) is 6.23. The first-order valence-corrected chi connectivity index (χ1v) is 12.0. The van der Waals surface area contributed by atoms with E-state index in [9.17, 15) is 18.6 Å². The Balaban J connectivity index is 2.88. The second-order valence-corrected chi connectivity index (χ2v) is 9.94. The maximum Gasteiger partial charge on any atom is 0.305 e. The molecule has 9 nitrogen and oxygen atoms in total. The summed E-state index contributed by atoms with van der Waals surface area (Å²) in [5, 5.41) is 0. The summed E-state index contributed by atoms with van der Waals surface area (Å²) in [7, 11) is -0.242. The van der Waals surface area contributed by atoms with E-state index in [-0.39, 0.29) is 41.8 Å². The molecule has 0 aliphatic rings. The standard InChI is InChI=1S/C18H26IN3O6S/c1-27-15(23)7-3-5-9-29(26,10-6-4-8-16(24)28-2)22-18(25)13-11-14(19)17(20)21-12-13/h11-12H,3-10H2,1-2H3,(H2,20,21). The van der Waals surface area contributed by atoms with Gasteiger partial charge in [0.05, 0.1) is 33.1 Å². The summed E-state index contributed by atoms with van der Waals surface area (Å²) in [5.41, 5.74) is 5.87. The molecule has 0 aromatic carbocycles. The van der Waals surface area contributed by atoms with Crippen molar-refractivity contribution in [1.29, 1.82) is 0 Å². The molecule has 2 N–H and O–H groups in total. The zero-order chi connectivity index (χ0) is 21.9. The normalized spacial score (nSPS) is 11.0. The number of nitrogen functional groups attached to an aromatic ring is 1. The Morgan fingerprint density at radius 2 is 1.59 bits per heavy atom. The van der Waals surface area contributed by atoms with Gasteiger partial charge in [0, 0.05) is 30.5 Å². The molecule has 1 aromatic heterocycles. The molecule has 1 heterocycles. The highest BCUT2D eigenvalue weighted by Crippen LogP contribution is 2.16. The van der Waals surface area contributed by atoms with E-state index >= 15 is 0 Å². The number of esters is 2. The molecular weight excluding hydrogens is 513 g/mol. The van der Waals surface area contributed by atoms with Gasteiger partial charge in [-0.05, 0) is 54.3 Å². The molecule has 0 aliphatic heterocycles. The van der Waals surface area contributed by atoms with Crippen molar-refractivity contribution in [3.63, 3.8) is 0 Å². The minimum Gasteiger partial charge on any atom is -0.469 e. The highest BCUT2D eigenvalue weighted by atomic mass is 127. The van der Waals surface area contributed by atoms with Crippen LogP contribution >= 0.6 is 22.6 Å². The molecule has 1 amide bonds. The van der Waals surface area contributed by atoms with Gasteiger partial charge in [0.1, 0.15) is 5.82 Å². The minimum absolute atomic E-state index is 0.174. The van der Waals surface area contributed by atoms with Crippen molar-refractivity contribution in [1.82, 2.24) is 4.98 Å². The maximum absolute atomic E-state index is 13.3. The maximum atomic E-state index is 13.3. The summed E-state index contributed by atoms with van der Waals surface area (Å²) in [6, 6.07) is 1.54. The number of carbonyl (C=O) groups excluding carboxylic acids is 3. The highest BCUT2D eigenvalue weighted by Gasteiger charge is 2.16. The molecule has 0 unspecified atom stereocenters. The average Bonchev–Trinajstić information content (AvgIpc) is 2.70. The number of aromatic nitrogens is 1. The largest absolute Gasteiger partial charge is 0.469 e. The third-order valence-corrected chi connectivity index (χ3v) is 7.23. The Bertz CT molecular complexity index is 822. The third-order valence-electron chi connectivity index (χ3n) is 4.01. The Morgan fingerprint density at radius 1 is 1.07 bits per heavy atom. The Kier molecular flexibility index (Phi) is 11.1. The van der Waals surface area contributed by atoms with E-state index in [4.69, 9.17) is 5.73 Å². The van der Waals surface area contributed by atoms with Crippen molar-refractivity contribution in [2.45, 2.75) is 38.5 Å². The lowest BCUT2D eigenvalue weighted by atomic mass is 10.2. The van der Waals surface area contributed by atoms with Crippen LogP contribution in [0.5, 0.6) is 0 Å². The molecule has 29 heavy (non-hydrogen) atoms. The number of hydrogen-bond donors (Lipinski definition) is 1. The quantitative estimate of drug-likeness (QED) is 0.257. The molecule has 11 heteroatoms. The Morgan fingerprint density at radius 3 is 2.03 bits per heavy atom. The number of halogens is 1. The van der Waals surface area contributed by atoms with Crippen LogP contribution in [0.3, 0.4) is 0 Å². The van der Waals surface area contributed by atoms with Crippen LogP contribution in [0.1, 0.15) is 48.9 Å². The van der Waals surface area contributed by atoms with Gasteiger partial charge in [-0.3, -0.25) is 14.4 Å². The molecule has 162 valence electrons. The first kappa shape index (κ1) is 25.3. The number of hydrogen-bond acceptors (Lipinski definition) is 8. The van der Waals surface area contributed by atoms with Crippen LogP contribution in [0.2, 0.25) is 0 Å². The predicted molar refractivity (Wildman–Crippen MR) is 118 cm³/mol. The summed E-state index contributed by atoms with van der Waals surface area (Å²) in [5.74, 6) is -0.661. The summed E-state index contributed by atoms with van der Waals surface area (Å²) in [6.07, 6.45) is 3.61. The highest BCUT2D eigenvalue weighted by molar-refractivity contribution is 14.1. The molecule has 0 aliphatic carbocycles. The van der Waals surface area contributed by atoms with Gasteiger partial charge < -0.3 is 15.2 Å². The third kappa shape index (κ3) is 9.52. The van der Waals surface area contributed by atoms with Gasteiger partial charge in [-0.25, -0.2) is 9.19 Å². The van der Waals surface area contributed by atoms with E-state index in [1.807, 2.05) is 22.6 Å². The minimum atomic E-state index is -2.86. The van der Waals surface area contributed by atoms with Gasteiger partial charge in [-0.1, -0.05) is 0 Å². The molecule has 0 spiro atoms. The number of anilines is 1. The molecule has 0 bridgehead atoms. The van der Waals surface area contributed by atoms with E-state index in [0.29, 0.717) is 35.1 Å². The SMILES string of the molecule is COC(=O)CCCCS(=O)(CCCCC(=O)OC)=NC(=O)c1cnc(N)c(I)c1. The van der Waals surface area contributed by atoms with Crippen LogP contribution in [0.15, 0.2) is 16.6 Å². The zero-order valence-corrected chi connectivity index (χ0v) is 19.5. The number of nitrogens with two attached hydrogens (primary N) is 1. The van der Waals surface area contributed by atoms with Gasteiger partial charge in [-0.2, -0.15) is 4.36 Å². The summed E-state index contributed by atoms with van der Waals surface area (Å²) < 4.78 is 27.1. The monoisotopic (exact) mass is 539 g/mol. The van der Waals surface area contributed by atoms with Crippen LogP contribution in [0.4, 0.5) is 5.82 Å². The molecule has 1 aromatic rings. The number of pyridine rings is 1. The van der Waals surface area contributed by atoms with Crippen molar-refractivity contribution in [3.05, 3.63) is 21.4 Å². The van der Waals surface area contributed by atoms with Crippen molar-refractivity contribution in [2.24, 2.45) is 4.36 Å². The van der Waals surface area contributed by atoms with E-state index in [2.05, 4.69) is 18.8 Å². The van der Waals surface area contributed by atoms with Gasteiger partial charge >= 0.3 is 11.9 Å². The smallest absolute Gasteiger partial charge is 0.305 e. The fourth-order valence-electron chi connectivity index (χ4n) is 2.36. The second kappa shape index (κ2) is 12.7. The van der Waals surface area contributed by atoms with E-state index in [1.54, 1.807) is 6.07 Å². The molecule has 0 saturated carbocycles. The van der Waals surface area contributed by atoms with E-state index in [0.717, 1.165) is 0 Å². The van der Waals surface area contributed by atoms with Crippen LogP contribution < -0.4 is 5.73 Å². The number of unbranched alkanes of at least 4 members (excludes halogenated alkanes) is 2. The number of rotatable bonds is 11. The van der Waals surface area contributed by atoms with Crippen LogP contribution in [0.25, 0.3) is 0 Å². The van der Waals surface area contributed by atoms with Crippen molar-refractivity contribution in [2.75, 3.05) is 31.5 Å².